The molecule has 2 aromatic carbocycles. The minimum Gasteiger partial charge on any atom is -0.492 e. The Balaban J connectivity index is 1.89. The molecule has 0 heterocycles. The highest BCUT2D eigenvalue weighted by molar-refractivity contribution is 5.94. The van der Waals surface area contributed by atoms with Crippen LogP contribution in [0.2, 0.25) is 0 Å². The van der Waals surface area contributed by atoms with E-state index in [1.165, 1.54) is 12.1 Å². The molecule has 0 aromatic heterocycles. The van der Waals surface area contributed by atoms with Crippen LogP contribution < -0.4 is 19.5 Å². The number of hydrogen-bond donors (Lipinski definition) is 2. The van der Waals surface area contributed by atoms with Crippen molar-refractivity contribution in [3.8, 4) is 17.2 Å². The lowest BCUT2D eigenvalue weighted by atomic mass is 10.2. The Morgan fingerprint density at radius 1 is 1.00 bits per heavy atom. The van der Waals surface area contributed by atoms with Crippen LogP contribution in [0.4, 0.5) is 0 Å². The number of benzene rings is 2. The standard InChI is InChI=1S/C20H23NO6/c1-3-25-18-12-15(6-9-17(18)27-13-19(22)23)20(24)21-10-11-26-16-7-4-14(2)5-8-16/h4-9,12H,3,10-11,13H2,1-2H3,(H,21,24)(H,22,23). The quantitative estimate of drug-likeness (QED) is 0.622. The van der Waals surface area contributed by atoms with Crippen molar-refractivity contribution in [3.63, 3.8) is 0 Å². The number of carboxylic acids is 1. The van der Waals surface area contributed by atoms with Crippen LogP contribution in [-0.4, -0.2) is 43.3 Å². The minimum absolute atomic E-state index is 0.276. The highest BCUT2D eigenvalue weighted by atomic mass is 16.5. The zero-order valence-corrected chi connectivity index (χ0v) is 15.4. The largest absolute Gasteiger partial charge is 0.492 e. The van der Waals surface area contributed by atoms with Gasteiger partial charge in [0.05, 0.1) is 13.2 Å². The third-order valence-electron chi connectivity index (χ3n) is 3.53. The van der Waals surface area contributed by atoms with Crippen LogP contribution in [0.3, 0.4) is 0 Å². The number of ether oxygens (including phenoxy) is 3. The third kappa shape index (κ3) is 6.54. The molecular formula is C20H23NO6. The van der Waals surface area contributed by atoms with Gasteiger partial charge in [0, 0.05) is 5.56 Å². The monoisotopic (exact) mass is 373 g/mol. The molecule has 144 valence electrons. The summed E-state index contributed by atoms with van der Waals surface area (Å²) in [6, 6.07) is 12.3. The third-order valence-corrected chi connectivity index (χ3v) is 3.53. The number of carbonyl (C=O) groups is 2. The first-order valence-corrected chi connectivity index (χ1v) is 8.58. The molecule has 0 aliphatic rings. The Morgan fingerprint density at radius 2 is 1.74 bits per heavy atom. The number of aryl methyl sites for hydroxylation is 1. The average Bonchev–Trinajstić information content (AvgIpc) is 2.65. The van der Waals surface area contributed by atoms with Gasteiger partial charge in [0.1, 0.15) is 12.4 Å². The van der Waals surface area contributed by atoms with E-state index < -0.39 is 12.6 Å². The topological polar surface area (TPSA) is 94.1 Å². The summed E-state index contributed by atoms with van der Waals surface area (Å²) in [5, 5.41) is 11.5. The molecule has 7 nitrogen and oxygen atoms in total. The predicted molar refractivity (Wildman–Crippen MR) is 99.7 cm³/mol. The number of amides is 1. The van der Waals surface area contributed by atoms with Crippen molar-refractivity contribution in [2.45, 2.75) is 13.8 Å². The summed E-state index contributed by atoms with van der Waals surface area (Å²) in [6.45, 7) is 4.34. The van der Waals surface area contributed by atoms with Crippen LogP contribution in [0.5, 0.6) is 17.2 Å². The van der Waals surface area contributed by atoms with Crippen molar-refractivity contribution in [2.24, 2.45) is 0 Å². The van der Waals surface area contributed by atoms with Gasteiger partial charge >= 0.3 is 5.97 Å². The summed E-state index contributed by atoms with van der Waals surface area (Å²) in [5.74, 6) is -0.0321. The number of aliphatic carboxylic acids is 1. The SMILES string of the molecule is CCOc1cc(C(=O)NCCOc2ccc(C)cc2)ccc1OCC(=O)O. The van der Waals surface area contributed by atoms with E-state index in [2.05, 4.69) is 5.32 Å². The molecule has 0 fully saturated rings. The number of carboxylic acid groups (broad SMARTS) is 1. The lowest BCUT2D eigenvalue weighted by Gasteiger charge is -2.13. The van der Waals surface area contributed by atoms with Crippen LogP contribution in [-0.2, 0) is 4.79 Å². The smallest absolute Gasteiger partial charge is 0.341 e. The van der Waals surface area contributed by atoms with E-state index in [4.69, 9.17) is 19.3 Å². The lowest BCUT2D eigenvalue weighted by molar-refractivity contribution is -0.139. The second kappa shape index (κ2) is 10.1. The van der Waals surface area contributed by atoms with Gasteiger partial charge in [-0.2, -0.15) is 0 Å². The summed E-state index contributed by atoms with van der Waals surface area (Å²) in [5.41, 5.74) is 1.54. The molecule has 0 unspecified atom stereocenters. The zero-order valence-electron chi connectivity index (χ0n) is 15.4. The van der Waals surface area contributed by atoms with E-state index in [1.54, 1.807) is 13.0 Å². The fraction of sp³-hybridized carbons (Fsp3) is 0.300. The fourth-order valence-corrected chi connectivity index (χ4v) is 2.25. The van der Waals surface area contributed by atoms with Crippen LogP contribution in [0.25, 0.3) is 0 Å². The van der Waals surface area contributed by atoms with Gasteiger partial charge in [0.25, 0.3) is 5.91 Å². The molecule has 27 heavy (non-hydrogen) atoms. The highest BCUT2D eigenvalue weighted by Gasteiger charge is 2.12. The van der Waals surface area contributed by atoms with Gasteiger partial charge in [-0.15, -0.1) is 0 Å². The second-order valence-electron chi connectivity index (χ2n) is 5.69. The molecular weight excluding hydrogens is 350 g/mol. The van der Waals surface area contributed by atoms with E-state index >= 15 is 0 Å². The number of nitrogens with one attached hydrogen (secondary N) is 1. The van der Waals surface area contributed by atoms with Gasteiger partial charge in [-0.1, -0.05) is 17.7 Å². The Hall–Kier alpha value is -3.22. The summed E-state index contributed by atoms with van der Waals surface area (Å²) < 4.78 is 16.2. The summed E-state index contributed by atoms with van der Waals surface area (Å²) in [7, 11) is 0. The van der Waals surface area contributed by atoms with E-state index in [0.717, 1.165) is 11.3 Å². The fourth-order valence-electron chi connectivity index (χ4n) is 2.25. The highest BCUT2D eigenvalue weighted by Crippen LogP contribution is 2.28. The average molecular weight is 373 g/mol. The Labute approximate surface area is 157 Å². The van der Waals surface area contributed by atoms with Crippen LogP contribution in [0.1, 0.15) is 22.8 Å². The molecule has 0 atom stereocenters. The van der Waals surface area contributed by atoms with Gasteiger partial charge in [-0.3, -0.25) is 4.79 Å². The maximum atomic E-state index is 12.3. The molecule has 2 N–H and O–H groups in total. The molecule has 0 bridgehead atoms. The number of hydrogen-bond acceptors (Lipinski definition) is 5. The van der Waals surface area contributed by atoms with E-state index in [0.29, 0.717) is 31.1 Å². The molecule has 2 aromatic rings. The summed E-state index contributed by atoms with van der Waals surface area (Å²) in [6.07, 6.45) is 0. The first-order chi connectivity index (χ1) is 13.0. The molecule has 0 saturated heterocycles. The molecule has 2 rings (SSSR count). The summed E-state index contributed by atoms with van der Waals surface area (Å²) >= 11 is 0. The van der Waals surface area contributed by atoms with Gasteiger partial charge in [-0.05, 0) is 44.2 Å². The first-order valence-electron chi connectivity index (χ1n) is 8.58. The summed E-state index contributed by atoms with van der Waals surface area (Å²) in [4.78, 5) is 22.9. The van der Waals surface area contributed by atoms with Crippen molar-refractivity contribution in [3.05, 3.63) is 53.6 Å². The van der Waals surface area contributed by atoms with Crippen molar-refractivity contribution in [1.82, 2.24) is 5.32 Å². The van der Waals surface area contributed by atoms with E-state index in [9.17, 15) is 9.59 Å². The van der Waals surface area contributed by atoms with Crippen molar-refractivity contribution < 1.29 is 28.9 Å². The minimum atomic E-state index is -1.09. The first kappa shape index (κ1) is 20.1. The molecule has 0 aliphatic heterocycles. The van der Waals surface area contributed by atoms with Crippen LogP contribution in [0.15, 0.2) is 42.5 Å². The van der Waals surface area contributed by atoms with Crippen molar-refractivity contribution >= 4 is 11.9 Å². The predicted octanol–water partition coefficient (Wildman–Crippen LogP) is 2.67. The van der Waals surface area contributed by atoms with Gasteiger partial charge in [0.15, 0.2) is 18.1 Å². The normalized spacial score (nSPS) is 10.1. The Kier molecular flexibility index (Phi) is 7.49. The molecule has 0 spiro atoms. The van der Waals surface area contributed by atoms with Crippen LogP contribution in [0, 0.1) is 6.92 Å². The van der Waals surface area contributed by atoms with Crippen molar-refractivity contribution in [2.75, 3.05) is 26.4 Å². The second-order valence-corrected chi connectivity index (χ2v) is 5.69. The van der Waals surface area contributed by atoms with Gasteiger partial charge in [-0.25, -0.2) is 4.79 Å². The Morgan fingerprint density at radius 3 is 2.41 bits per heavy atom. The molecule has 0 aliphatic carbocycles. The molecule has 0 radical (unpaired) electrons. The zero-order chi connectivity index (χ0) is 19.6. The van der Waals surface area contributed by atoms with E-state index in [1.807, 2.05) is 31.2 Å². The maximum Gasteiger partial charge on any atom is 0.341 e. The van der Waals surface area contributed by atoms with Crippen LogP contribution >= 0.6 is 0 Å². The maximum absolute atomic E-state index is 12.3. The molecule has 0 saturated carbocycles. The molecule has 1 amide bonds. The molecule has 7 heteroatoms. The van der Waals surface area contributed by atoms with Gasteiger partial charge in [0.2, 0.25) is 0 Å². The number of rotatable bonds is 10. The van der Waals surface area contributed by atoms with Crippen molar-refractivity contribution in [1.29, 1.82) is 0 Å². The Bertz CT molecular complexity index is 773. The lowest BCUT2D eigenvalue weighted by Crippen LogP contribution is -2.28. The van der Waals surface area contributed by atoms with Gasteiger partial charge < -0.3 is 24.6 Å². The van der Waals surface area contributed by atoms with E-state index in [-0.39, 0.29) is 11.7 Å². The number of carbonyl (C=O) groups excluding carboxylic acids is 1.